The summed E-state index contributed by atoms with van der Waals surface area (Å²) in [5.74, 6) is -0.959. The number of likely N-dealkylation sites (N-methyl/N-ethyl adjacent to an activating group) is 1. The fourth-order valence-corrected chi connectivity index (χ4v) is 5.29. The van der Waals surface area contributed by atoms with Crippen LogP contribution in [0, 0.1) is 0 Å². The molecule has 1 heterocycles. The van der Waals surface area contributed by atoms with E-state index < -0.39 is 5.97 Å². The topological polar surface area (TPSA) is 73.3 Å². The number of carbonyl (C=O) groups is 2. The molecule has 3 aromatic carbocycles. The quantitative estimate of drug-likeness (QED) is 0.277. The van der Waals surface area contributed by atoms with Gasteiger partial charge in [-0.15, -0.1) is 0 Å². The molecule has 0 spiro atoms. The second-order valence-electron chi connectivity index (χ2n) is 10.0. The third-order valence-corrected chi connectivity index (χ3v) is 8.15. The van der Waals surface area contributed by atoms with Crippen LogP contribution in [0.2, 0.25) is 10.0 Å². The molecule has 1 aliphatic rings. The Balaban J connectivity index is 1.55. The van der Waals surface area contributed by atoms with Gasteiger partial charge < -0.3 is 24.5 Å². The van der Waals surface area contributed by atoms with E-state index in [4.69, 9.17) is 27.9 Å². The zero-order valence-corrected chi connectivity index (χ0v) is 24.4. The van der Waals surface area contributed by atoms with Gasteiger partial charge >= 0.3 is 5.97 Å². The number of hydrogen-bond acceptors (Lipinski definition) is 5. The molecule has 1 fully saturated rings. The third kappa shape index (κ3) is 7.55. The number of carboxylic acids is 1. The summed E-state index contributed by atoms with van der Waals surface area (Å²) in [6.45, 7) is 3.96. The minimum Gasteiger partial charge on any atom is -0.478 e. The van der Waals surface area contributed by atoms with Gasteiger partial charge in [-0.25, -0.2) is 4.79 Å². The first-order valence-corrected chi connectivity index (χ1v) is 14.1. The molecular weight excluding hydrogens is 549 g/mol. The van der Waals surface area contributed by atoms with Crippen molar-refractivity contribution in [2.24, 2.45) is 0 Å². The van der Waals surface area contributed by atoms with E-state index in [0.717, 1.165) is 54.9 Å². The number of rotatable bonds is 12. The maximum absolute atomic E-state index is 13.7. The molecule has 4 rings (SSSR count). The number of aromatic carboxylic acids is 1. The summed E-state index contributed by atoms with van der Waals surface area (Å²) in [6.07, 6.45) is 2.33. The van der Waals surface area contributed by atoms with Crippen LogP contribution in [0.4, 0.5) is 5.69 Å². The van der Waals surface area contributed by atoms with Gasteiger partial charge in [-0.1, -0.05) is 59.6 Å². The Hall–Kier alpha value is -3.10. The van der Waals surface area contributed by atoms with Crippen molar-refractivity contribution in [1.82, 2.24) is 9.80 Å². The normalized spacial score (nSPS) is 14.2. The van der Waals surface area contributed by atoms with Gasteiger partial charge in [-0.05, 0) is 73.0 Å². The van der Waals surface area contributed by atoms with E-state index in [1.165, 1.54) is 0 Å². The molecule has 1 atom stereocenters. The minimum absolute atomic E-state index is 0.0142. The molecule has 212 valence electrons. The lowest BCUT2D eigenvalue weighted by molar-refractivity contribution is -0.131. The molecule has 7 nitrogen and oxygen atoms in total. The molecule has 40 heavy (non-hydrogen) atoms. The van der Waals surface area contributed by atoms with E-state index in [9.17, 15) is 14.7 Å². The van der Waals surface area contributed by atoms with Gasteiger partial charge in [-0.2, -0.15) is 0 Å². The summed E-state index contributed by atoms with van der Waals surface area (Å²) >= 11 is 12.4. The van der Waals surface area contributed by atoms with Crippen LogP contribution in [-0.2, 0) is 9.53 Å². The molecule has 1 saturated heterocycles. The Kier molecular flexibility index (Phi) is 10.5. The fourth-order valence-electron chi connectivity index (χ4n) is 5.00. The van der Waals surface area contributed by atoms with Gasteiger partial charge in [-0.3, -0.25) is 4.79 Å². The molecule has 0 aromatic heterocycles. The largest absolute Gasteiger partial charge is 0.478 e. The van der Waals surface area contributed by atoms with E-state index in [0.29, 0.717) is 23.2 Å². The molecule has 3 aromatic rings. The Morgan fingerprint density at radius 2 is 1.57 bits per heavy atom. The van der Waals surface area contributed by atoms with Crippen LogP contribution < -0.4 is 4.90 Å². The monoisotopic (exact) mass is 583 g/mol. The van der Waals surface area contributed by atoms with Crippen molar-refractivity contribution < 1.29 is 19.4 Å². The number of benzene rings is 3. The number of carbonyl (C=O) groups excluding carboxylic acids is 1. The molecule has 0 radical (unpaired) electrons. The highest BCUT2D eigenvalue weighted by Gasteiger charge is 2.27. The van der Waals surface area contributed by atoms with Gasteiger partial charge in [0.15, 0.2) is 0 Å². The van der Waals surface area contributed by atoms with Crippen molar-refractivity contribution in [2.45, 2.75) is 18.9 Å². The lowest BCUT2D eigenvalue weighted by Gasteiger charge is -2.34. The summed E-state index contributed by atoms with van der Waals surface area (Å²) in [4.78, 5) is 31.1. The first-order valence-electron chi connectivity index (χ1n) is 13.4. The number of ether oxygens (including phenoxy) is 1. The van der Waals surface area contributed by atoms with Crippen molar-refractivity contribution in [3.63, 3.8) is 0 Å². The van der Waals surface area contributed by atoms with E-state index >= 15 is 0 Å². The van der Waals surface area contributed by atoms with Crippen LogP contribution in [-0.4, -0.2) is 80.3 Å². The second-order valence-corrected chi connectivity index (χ2v) is 10.9. The number of nitrogens with zero attached hydrogens (tertiary/aromatic N) is 3. The number of methoxy groups -OCH3 is 1. The number of hydrogen-bond donors (Lipinski definition) is 1. The van der Waals surface area contributed by atoms with Crippen LogP contribution in [0.5, 0.6) is 0 Å². The predicted octanol–water partition coefficient (Wildman–Crippen LogP) is 6.11. The SMILES string of the molecule is COCCN(CC(=O)N(C)[C@@H](CN1CCCC1)c1ccc(-c2ccc(C(=O)O)cc2)cc1)c1ccc(Cl)c(Cl)c1. The van der Waals surface area contributed by atoms with Crippen LogP contribution in [0.25, 0.3) is 11.1 Å². The summed E-state index contributed by atoms with van der Waals surface area (Å²) < 4.78 is 5.30. The lowest BCUT2D eigenvalue weighted by Crippen LogP contribution is -2.44. The highest BCUT2D eigenvalue weighted by molar-refractivity contribution is 6.42. The Morgan fingerprint density at radius 3 is 2.15 bits per heavy atom. The molecule has 1 aliphatic heterocycles. The Labute approximate surface area is 245 Å². The summed E-state index contributed by atoms with van der Waals surface area (Å²) in [5, 5.41) is 10.1. The smallest absolute Gasteiger partial charge is 0.335 e. The van der Waals surface area contributed by atoms with Crippen LogP contribution in [0.15, 0.2) is 66.7 Å². The van der Waals surface area contributed by atoms with Crippen molar-refractivity contribution >= 4 is 40.8 Å². The molecule has 1 N–H and O–H groups in total. The van der Waals surface area contributed by atoms with Crippen molar-refractivity contribution in [2.75, 3.05) is 58.4 Å². The summed E-state index contributed by atoms with van der Waals surface area (Å²) in [6, 6.07) is 20.3. The Morgan fingerprint density at radius 1 is 0.950 bits per heavy atom. The number of likely N-dealkylation sites (tertiary alicyclic amines) is 1. The number of anilines is 1. The lowest BCUT2D eigenvalue weighted by atomic mass is 9.99. The second kappa shape index (κ2) is 14.0. The number of halogens is 2. The predicted molar refractivity (Wildman–Crippen MR) is 161 cm³/mol. The van der Waals surface area contributed by atoms with E-state index in [2.05, 4.69) is 17.0 Å². The van der Waals surface area contributed by atoms with Crippen LogP contribution in [0.3, 0.4) is 0 Å². The maximum atomic E-state index is 13.7. The molecule has 9 heteroatoms. The average molecular weight is 585 g/mol. The van der Waals surface area contributed by atoms with E-state index in [1.54, 1.807) is 31.4 Å². The van der Waals surface area contributed by atoms with Gasteiger partial charge in [0.05, 0.1) is 34.8 Å². The minimum atomic E-state index is -0.945. The highest BCUT2D eigenvalue weighted by Crippen LogP contribution is 2.29. The van der Waals surface area contributed by atoms with Crippen LogP contribution >= 0.6 is 23.2 Å². The van der Waals surface area contributed by atoms with Crippen molar-refractivity contribution in [3.05, 3.63) is 87.9 Å². The van der Waals surface area contributed by atoms with E-state index in [-0.39, 0.29) is 24.1 Å². The van der Waals surface area contributed by atoms with Crippen LogP contribution in [0.1, 0.15) is 34.8 Å². The molecule has 0 unspecified atom stereocenters. The summed E-state index contributed by atoms with van der Waals surface area (Å²) in [5.41, 5.74) is 4.04. The number of carboxylic acid groups (broad SMARTS) is 1. The zero-order valence-electron chi connectivity index (χ0n) is 22.9. The maximum Gasteiger partial charge on any atom is 0.335 e. The van der Waals surface area contributed by atoms with Gasteiger partial charge in [0, 0.05) is 32.9 Å². The van der Waals surface area contributed by atoms with Gasteiger partial charge in [0.2, 0.25) is 5.91 Å². The van der Waals surface area contributed by atoms with E-state index in [1.807, 2.05) is 47.2 Å². The van der Waals surface area contributed by atoms with Crippen molar-refractivity contribution in [3.8, 4) is 11.1 Å². The number of amides is 1. The third-order valence-electron chi connectivity index (χ3n) is 7.41. The molecular formula is C31H35Cl2N3O4. The Bertz CT molecular complexity index is 1290. The summed E-state index contributed by atoms with van der Waals surface area (Å²) in [7, 11) is 3.50. The highest BCUT2D eigenvalue weighted by atomic mass is 35.5. The fraction of sp³-hybridized carbons (Fsp3) is 0.355. The average Bonchev–Trinajstić information content (AvgIpc) is 3.48. The molecule has 0 aliphatic carbocycles. The molecule has 1 amide bonds. The zero-order chi connectivity index (χ0) is 28.6. The van der Waals surface area contributed by atoms with Gasteiger partial charge in [0.1, 0.15) is 0 Å². The first kappa shape index (κ1) is 29.9. The van der Waals surface area contributed by atoms with Crippen molar-refractivity contribution in [1.29, 1.82) is 0 Å². The standard InChI is InChI=1S/C31H35Cl2N3O4/c1-34(30(37)21-36(17-18-40-2)26-13-14-27(32)28(33)19-26)29(20-35-15-3-4-16-35)24-9-5-22(6-10-24)23-7-11-25(12-8-23)31(38)39/h5-14,19,29H,3-4,15-18,20-21H2,1-2H3,(H,38,39)/t29-/m0/s1. The molecule has 0 saturated carbocycles. The molecule has 0 bridgehead atoms. The van der Waals surface area contributed by atoms with Gasteiger partial charge in [0.25, 0.3) is 0 Å². The first-order chi connectivity index (χ1) is 19.3.